The van der Waals surface area contributed by atoms with E-state index in [1.807, 2.05) is 34.2 Å². The second kappa shape index (κ2) is 6.35. The molecule has 0 amide bonds. The number of rotatable bonds is 3. The number of hydrogen-bond acceptors (Lipinski definition) is 7. The predicted octanol–water partition coefficient (Wildman–Crippen LogP) is 4.80. The van der Waals surface area contributed by atoms with Crippen LogP contribution in [0.25, 0.3) is 15.9 Å². The monoisotopic (exact) mass is 410 g/mol. The number of benzene rings is 1. The van der Waals surface area contributed by atoms with E-state index in [4.69, 9.17) is 14.5 Å². The van der Waals surface area contributed by atoms with Crippen LogP contribution < -0.4 is 9.47 Å². The van der Waals surface area contributed by atoms with E-state index in [-0.39, 0.29) is 0 Å². The third-order valence-corrected chi connectivity index (χ3v) is 7.71. The molecule has 3 aromatic heterocycles. The number of thioether (sulfide) groups is 1. The Bertz CT molecular complexity index is 1220. The molecule has 1 aliphatic carbocycles. The van der Waals surface area contributed by atoms with Crippen molar-refractivity contribution in [2.75, 3.05) is 6.79 Å². The number of aryl methyl sites for hydroxylation is 1. The highest BCUT2D eigenvalue weighted by molar-refractivity contribution is 7.98. The molecule has 0 N–H and O–H groups in total. The fourth-order valence-corrected chi connectivity index (χ4v) is 6.29. The van der Waals surface area contributed by atoms with E-state index in [2.05, 4.69) is 23.2 Å². The maximum atomic E-state index is 5.48. The fourth-order valence-electron chi connectivity index (χ4n) is 4.14. The first kappa shape index (κ1) is 16.6. The zero-order chi connectivity index (χ0) is 18.7. The molecule has 2 aliphatic rings. The highest BCUT2D eigenvalue weighted by Gasteiger charge is 2.25. The van der Waals surface area contributed by atoms with Crippen molar-refractivity contribution < 1.29 is 9.47 Å². The Morgan fingerprint density at radius 2 is 2.18 bits per heavy atom. The van der Waals surface area contributed by atoms with Crippen molar-refractivity contribution in [3.8, 4) is 11.5 Å². The summed E-state index contributed by atoms with van der Waals surface area (Å²) >= 11 is 3.49. The van der Waals surface area contributed by atoms with Gasteiger partial charge in [-0.05, 0) is 48.4 Å². The molecule has 28 heavy (non-hydrogen) atoms. The number of ether oxygens (including phenoxy) is 2. The third kappa shape index (κ3) is 2.51. The van der Waals surface area contributed by atoms with Crippen molar-refractivity contribution in [2.24, 2.45) is 0 Å². The lowest BCUT2D eigenvalue weighted by atomic mass is 9.87. The van der Waals surface area contributed by atoms with Gasteiger partial charge in [0.1, 0.15) is 11.2 Å². The molecule has 4 heterocycles. The average Bonchev–Trinajstić information content (AvgIpc) is 3.41. The molecule has 0 saturated heterocycles. The van der Waals surface area contributed by atoms with Gasteiger partial charge in [-0.1, -0.05) is 24.8 Å². The highest BCUT2D eigenvalue weighted by Crippen LogP contribution is 2.43. The summed E-state index contributed by atoms with van der Waals surface area (Å²) in [5.41, 5.74) is 3.55. The Morgan fingerprint density at radius 3 is 3.14 bits per heavy atom. The molecule has 0 bridgehead atoms. The van der Waals surface area contributed by atoms with E-state index in [9.17, 15) is 0 Å². The minimum atomic E-state index is 0.297. The molecule has 1 aromatic carbocycles. The lowest BCUT2D eigenvalue weighted by Gasteiger charge is -2.18. The number of thiophene rings is 1. The van der Waals surface area contributed by atoms with E-state index in [0.717, 1.165) is 39.3 Å². The summed E-state index contributed by atoms with van der Waals surface area (Å²) in [5.74, 6) is 2.97. The number of aromatic nitrogens is 4. The lowest BCUT2D eigenvalue weighted by Crippen LogP contribution is -2.04. The van der Waals surface area contributed by atoms with Crippen molar-refractivity contribution >= 4 is 39.0 Å². The summed E-state index contributed by atoms with van der Waals surface area (Å²) in [6.07, 6.45) is 5.53. The van der Waals surface area contributed by atoms with Gasteiger partial charge in [0.25, 0.3) is 0 Å². The molecule has 1 aliphatic heterocycles. The standard InChI is InChI=1S/C20H18N4O2S2/c1-11-3-2-4-15-16(11)17-18-22-23-20(24(18)9-21-19(17)28-15)27-8-12-5-6-13-14(7-12)26-10-25-13/h5-7,9,11H,2-4,8,10H2,1H3. The van der Waals surface area contributed by atoms with Crippen LogP contribution in [0.4, 0.5) is 0 Å². The Kier molecular flexibility index (Phi) is 3.77. The molecule has 6 nitrogen and oxygen atoms in total. The van der Waals surface area contributed by atoms with Gasteiger partial charge in [-0.25, -0.2) is 4.98 Å². The zero-order valence-corrected chi connectivity index (χ0v) is 17.0. The van der Waals surface area contributed by atoms with E-state index in [1.165, 1.54) is 34.2 Å². The lowest BCUT2D eigenvalue weighted by molar-refractivity contribution is 0.174. The summed E-state index contributed by atoms with van der Waals surface area (Å²) < 4.78 is 12.9. The molecule has 1 unspecified atom stereocenters. The van der Waals surface area contributed by atoms with Gasteiger partial charge in [-0.15, -0.1) is 21.5 Å². The van der Waals surface area contributed by atoms with Crippen molar-refractivity contribution in [3.05, 3.63) is 40.5 Å². The van der Waals surface area contributed by atoms with Gasteiger partial charge in [-0.2, -0.15) is 0 Å². The van der Waals surface area contributed by atoms with Gasteiger partial charge >= 0.3 is 0 Å². The first-order valence-corrected chi connectivity index (χ1v) is 11.2. The van der Waals surface area contributed by atoms with Crippen LogP contribution in [0.1, 0.15) is 41.7 Å². The number of nitrogens with zero attached hydrogens (tertiary/aromatic N) is 4. The first-order chi connectivity index (χ1) is 13.8. The summed E-state index contributed by atoms with van der Waals surface area (Å²) in [5, 5.41) is 11.1. The van der Waals surface area contributed by atoms with Crippen molar-refractivity contribution in [1.29, 1.82) is 0 Å². The van der Waals surface area contributed by atoms with Crippen molar-refractivity contribution in [1.82, 2.24) is 19.6 Å². The SMILES string of the molecule is CC1CCCc2sc3ncn4c(SCc5ccc6c(c5)OCO6)nnc4c3c21. The Hall–Kier alpha value is -2.32. The number of hydrogen-bond donors (Lipinski definition) is 0. The molecule has 6 rings (SSSR count). The minimum absolute atomic E-state index is 0.297. The molecule has 8 heteroatoms. The third-order valence-electron chi connectivity index (χ3n) is 5.52. The van der Waals surface area contributed by atoms with Crippen LogP contribution in [0.15, 0.2) is 29.7 Å². The van der Waals surface area contributed by atoms with Crippen LogP contribution >= 0.6 is 23.1 Å². The topological polar surface area (TPSA) is 61.5 Å². The summed E-state index contributed by atoms with van der Waals surface area (Å²) in [4.78, 5) is 7.30. The molecule has 4 aromatic rings. The Labute approximate surface area is 169 Å². The summed E-state index contributed by atoms with van der Waals surface area (Å²) in [6, 6.07) is 6.06. The molecular formula is C20H18N4O2S2. The molecule has 1 atom stereocenters. The van der Waals surface area contributed by atoms with Crippen LogP contribution in [0.2, 0.25) is 0 Å². The largest absolute Gasteiger partial charge is 0.454 e. The number of fused-ring (bicyclic) bond motifs is 6. The van der Waals surface area contributed by atoms with Gasteiger partial charge in [-0.3, -0.25) is 4.40 Å². The normalized spacial score (nSPS) is 18.1. The van der Waals surface area contributed by atoms with Crippen molar-refractivity contribution in [3.63, 3.8) is 0 Å². The van der Waals surface area contributed by atoms with Gasteiger partial charge in [0.05, 0.1) is 5.39 Å². The molecule has 142 valence electrons. The molecule has 0 radical (unpaired) electrons. The average molecular weight is 411 g/mol. The maximum absolute atomic E-state index is 5.48. The highest BCUT2D eigenvalue weighted by atomic mass is 32.2. The van der Waals surface area contributed by atoms with Crippen LogP contribution in [0.5, 0.6) is 11.5 Å². The molecular weight excluding hydrogens is 392 g/mol. The second-order valence-electron chi connectivity index (χ2n) is 7.31. The Morgan fingerprint density at radius 1 is 1.25 bits per heavy atom. The van der Waals surface area contributed by atoms with Gasteiger partial charge < -0.3 is 9.47 Å². The van der Waals surface area contributed by atoms with Gasteiger partial charge in [0, 0.05) is 10.6 Å². The predicted molar refractivity (Wildman–Crippen MR) is 110 cm³/mol. The summed E-state index contributed by atoms with van der Waals surface area (Å²) in [7, 11) is 0. The molecule has 0 saturated carbocycles. The molecule has 0 fully saturated rings. The minimum Gasteiger partial charge on any atom is -0.454 e. The molecule has 0 spiro atoms. The second-order valence-corrected chi connectivity index (χ2v) is 9.34. The van der Waals surface area contributed by atoms with E-state index in [0.29, 0.717) is 12.7 Å². The maximum Gasteiger partial charge on any atom is 0.231 e. The van der Waals surface area contributed by atoms with Gasteiger partial charge in [0.15, 0.2) is 22.3 Å². The van der Waals surface area contributed by atoms with E-state index < -0.39 is 0 Å². The van der Waals surface area contributed by atoms with E-state index in [1.54, 1.807) is 11.8 Å². The van der Waals surface area contributed by atoms with Crippen LogP contribution in [-0.4, -0.2) is 26.4 Å². The van der Waals surface area contributed by atoms with Crippen LogP contribution in [-0.2, 0) is 12.2 Å². The Balaban J connectivity index is 1.36. The van der Waals surface area contributed by atoms with Gasteiger partial charge in [0.2, 0.25) is 6.79 Å². The van der Waals surface area contributed by atoms with Crippen LogP contribution in [0.3, 0.4) is 0 Å². The zero-order valence-electron chi connectivity index (χ0n) is 15.3. The summed E-state index contributed by atoms with van der Waals surface area (Å²) in [6.45, 7) is 2.62. The smallest absolute Gasteiger partial charge is 0.231 e. The fraction of sp³-hybridized carbons (Fsp3) is 0.350. The van der Waals surface area contributed by atoms with E-state index >= 15 is 0 Å². The van der Waals surface area contributed by atoms with Crippen molar-refractivity contribution in [2.45, 2.75) is 43.0 Å². The first-order valence-electron chi connectivity index (χ1n) is 9.44. The van der Waals surface area contributed by atoms with Crippen LogP contribution in [0, 0.1) is 0 Å². The quantitative estimate of drug-likeness (QED) is 0.452.